The van der Waals surface area contributed by atoms with Crippen molar-refractivity contribution in [2.45, 2.75) is 52.1 Å². The van der Waals surface area contributed by atoms with Crippen molar-refractivity contribution in [3.8, 4) is 11.5 Å². The van der Waals surface area contributed by atoms with Gasteiger partial charge >= 0.3 is 5.97 Å². The molecule has 0 saturated heterocycles. The van der Waals surface area contributed by atoms with E-state index in [4.69, 9.17) is 14.2 Å². The number of fused-ring (bicyclic) bond motifs is 5. The van der Waals surface area contributed by atoms with Crippen molar-refractivity contribution in [3.63, 3.8) is 0 Å². The SMILES string of the molecule is C/C1=C/CCC(C=O)=C[C@H](OC(=O)c2cc3c(c4c2c([N+](=O)[O-])cc2ccccc24)OCO3)C/C(C)=C\CC1. The number of rotatable bonds is 4. The van der Waals surface area contributed by atoms with Crippen LogP contribution in [-0.4, -0.2) is 30.1 Å². The van der Waals surface area contributed by atoms with Gasteiger partial charge in [0.05, 0.1) is 15.9 Å². The number of carbonyl (C=O) groups excluding carboxylic acids is 2. The molecule has 5 rings (SSSR count). The Morgan fingerprint density at radius 1 is 1.05 bits per heavy atom. The maximum Gasteiger partial charge on any atom is 0.339 e. The van der Waals surface area contributed by atoms with Crippen molar-refractivity contribution < 1.29 is 28.7 Å². The summed E-state index contributed by atoms with van der Waals surface area (Å²) < 4.78 is 17.3. The minimum absolute atomic E-state index is 0.0130. The first-order valence-electron chi connectivity index (χ1n) is 13.0. The van der Waals surface area contributed by atoms with Gasteiger partial charge in [-0.05, 0) is 68.0 Å². The Kier molecular flexibility index (Phi) is 7.45. The van der Waals surface area contributed by atoms with Gasteiger partial charge in [0.2, 0.25) is 6.79 Å². The highest BCUT2D eigenvalue weighted by Gasteiger charge is 2.31. The highest BCUT2D eigenvalue weighted by molar-refractivity contribution is 6.21. The molecule has 2 aliphatic rings. The fraction of sp³-hybridized carbons (Fsp3) is 0.290. The van der Waals surface area contributed by atoms with Crippen LogP contribution < -0.4 is 9.47 Å². The lowest BCUT2D eigenvalue weighted by Gasteiger charge is -2.18. The minimum Gasteiger partial charge on any atom is -0.454 e. The van der Waals surface area contributed by atoms with Gasteiger partial charge < -0.3 is 14.2 Å². The summed E-state index contributed by atoms with van der Waals surface area (Å²) in [4.78, 5) is 37.3. The number of nitrogens with zero attached hydrogens (tertiary/aromatic N) is 1. The van der Waals surface area contributed by atoms with Crippen LogP contribution in [0.15, 0.2) is 71.3 Å². The Balaban J connectivity index is 1.63. The molecule has 8 nitrogen and oxygen atoms in total. The van der Waals surface area contributed by atoms with Crippen molar-refractivity contribution >= 4 is 39.5 Å². The number of hydrogen-bond donors (Lipinski definition) is 0. The average molecular weight is 528 g/mol. The molecule has 0 amide bonds. The topological polar surface area (TPSA) is 105 Å². The van der Waals surface area contributed by atoms with E-state index in [0.29, 0.717) is 52.5 Å². The Labute approximate surface area is 225 Å². The third-order valence-corrected chi connectivity index (χ3v) is 7.15. The second kappa shape index (κ2) is 11.1. The van der Waals surface area contributed by atoms with Crippen LogP contribution in [0.25, 0.3) is 21.5 Å². The zero-order chi connectivity index (χ0) is 27.5. The van der Waals surface area contributed by atoms with Crippen LogP contribution in [0.4, 0.5) is 5.69 Å². The van der Waals surface area contributed by atoms with Crippen LogP contribution in [0.3, 0.4) is 0 Å². The Bertz CT molecular complexity index is 1580. The van der Waals surface area contributed by atoms with E-state index < -0.39 is 17.0 Å². The molecule has 0 fully saturated rings. The molecule has 200 valence electrons. The molecule has 1 aliphatic carbocycles. The van der Waals surface area contributed by atoms with Crippen LogP contribution >= 0.6 is 0 Å². The van der Waals surface area contributed by atoms with E-state index in [1.54, 1.807) is 18.2 Å². The summed E-state index contributed by atoms with van der Waals surface area (Å²) in [5.74, 6) is -0.0577. The molecule has 0 unspecified atom stereocenters. The molecule has 3 aromatic carbocycles. The van der Waals surface area contributed by atoms with Crippen molar-refractivity contribution in [2.75, 3.05) is 6.79 Å². The minimum atomic E-state index is -0.737. The number of benzene rings is 3. The standard InChI is InChI=1S/C31H29NO7/c1-19-7-5-9-20(2)13-23(14-21(17-33)10-6-8-19)39-31(34)25-16-27-30(38-18-37-27)29-24-12-4-3-11-22(24)15-26(28(25)29)32(35)36/h3-4,8-9,11-12,14-17,23H,5-7,10,13,18H2,1-2H3/b19-8-,20-9-,21-14?/t23-/m1/s1. The van der Waals surface area contributed by atoms with Gasteiger partial charge in [0.15, 0.2) is 11.5 Å². The van der Waals surface area contributed by atoms with Crippen LogP contribution in [-0.2, 0) is 9.53 Å². The smallest absolute Gasteiger partial charge is 0.339 e. The van der Waals surface area contributed by atoms with Gasteiger partial charge in [0.1, 0.15) is 12.4 Å². The van der Waals surface area contributed by atoms with Crippen LogP contribution in [0.1, 0.15) is 56.3 Å². The van der Waals surface area contributed by atoms with Gasteiger partial charge in [0, 0.05) is 17.9 Å². The number of carbonyl (C=O) groups is 2. The van der Waals surface area contributed by atoms with Crippen molar-refractivity contribution in [1.82, 2.24) is 0 Å². The molecule has 1 heterocycles. The summed E-state index contributed by atoms with van der Waals surface area (Å²) in [5, 5.41) is 14.1. The predicted molar refractivity (Wildman–Crippen MR) is 148 cm³/mol. The average Bonchev–Trinajstić information content (AvgIpc) is 3.39. The Hall–Kier alpha value is -4.46. The molecule has 1 aliphatic heterocycles. The first kappa shape index (κ1) is 26.2. The maximum atomic E-state index is 13.8. The monoisotopic (exact) mass is 527 g/mol. The van der Waals surface area contributed by atoms with Crippen molar-refractivity contribution in [1.29, 1.82) is 0 Å². The normalized spacial score (nSPS) is 20.6. The van der Waals surface area contributed by atoms with E-state index in [9.17, 15) is 19.7 Å². The zero-order valence-electron chi connectivity index (χ0n) is 21.9. The fourth-order valence-corrected chi connectivity index (χ4v) is 5.23. The van der Waals surface area contributed by atoms with Crippen LogP contribution in [0.2, 0.25) is 0 Å². The second-order valence-electron chi connectivity index (χ2n) is 9.97. The lowest BCUT2D eigenvalue weighted by molar-refractivity contribution is -0.383. The highest BCUT2D eigenvalue weighted by atomic mass is 16.7. The lowest BCUT2D eigenvalue weighted by Crippen LogP contribution is -2.18. The number of nitro groups is 1. The number of esters is 1. The van der Waals surface area contributed by atoms with E-state index in [1.807, 2.05) is 19.1 Å². The third kappa shape index (κ3) is 5.41. The molecule has 1 atom stereocenters. The molecule has 0 saturated carbocycles. The van der Waals surface area contributed by atoms with Crippen molar-refractivity contribution in [3.05, 3.63) is 87.0 Å². The second-order valence-corrected chi connectivity index (χ2v) is 9.97. The van der Waals surface area contributed by atoms with Crippen molar-refractivity contribution in [2.24, 2.45) is 0 Å². The maximum absolute atomic E-state index is 13.8. The fourth-order valence-electron chi connectivity index (χ4n) is 5.23. The number of allylic oxidation sites excluding steroid dienone is 4. The number of ether oxygens (including phenoxy) is 3. The van der Waals surface area contributed by atoms with E-state index in [0.717, 1.165) is 24.7 Å². The molecule has 0 radical (unpaired) electrons. The zero-order valence-corrected chi connectivity index (χ0v) is 21.9. The van der Waals surface area contributed by atoms with E-state index in [1.165, 1.54) is 17.7 Å². The number of aldehydes is 1. The molecular formula is C31H29NO7. The highest BCUT2D eigenvalue weighted by Crippen LogP contribution is 2.47. The van der Waals surface area contributed by atoms with Gasteiger partial charge in [-0.2, -0.15) is 0 Å². The lowest BCUT2D eigenvalue weighted by atomic mass is 9.95. The largest absolute Gasteiger partial charge is 0.454 e. The number of nitro benzene ring substituents is 1. The molecular weight excluding hydrogens is 498 g/mol. The Morgan fingerprint density at radius 3 is 2.62 bits per heavy atom. The van der Waals surface area contributed by atoms with E-state index in [-0.39, 0.29) is 23.4 Å². The van der Waals surface area contributed by atoms with Gasteiger partial charge in [-0.15, -0.1) is 0 Å². The van der Waals surface area contributed by atoms with Crippen LogP contribution in [0.5, 0.6) is 11.5 Å². The molecule has 3 aromatic rings. The summed E-state index contributed by atoms with van der Waals surface area (Å²) in [6, 6.07) is 10.1. The predicted octanol–water partition coefficient (Wildman–Crippen LogP) is 7.14. The molecule has 0 bridgehead atoms. The summed E-state index contributed by atoms with van der Waals surface area (Å²) in [7, 11) is 0. The molecule has 0 N–H and O–H groups in total. The van der Waals surface area contributed by atoms with Crippen LogP contribution in [0, 0.1) is 10.1 Å². The molecule has 39 heavy (non-hydrogen) atoms. The summed E-state index contributed by atoms with van der Waals surface area (Å²) in [5.41, 5.74) is 2.62. The van der Waals surface area contributed by atoms with Gasteiger partial charge in [-0.1, -0.05) is 47.6 Å². The number of hydrogen-bond acceptors (Lipinski definition) is 7. The van der Waals surface area contributed by atoms with Gasteiger partial charge in [-0.25, -0.2) is 4.79 Å². The molecule has 0 aromatic heterocycles. The van der Waals surface area contributed by atoms with E-state index in [2.05, 4.69) is 19.1 Å². The first-order valence-corrected chi connectivity index (χ1v) is 13.0. The molecule has 0 spiro atoms. The third-order valence-electron chi connectivity index (χ3n) is 7.15. The summed E-state index contributed by atoms with van der Waals surface area (Å²) in [6.45, 7) is 3.99. The first-order chi connectivity index (χ1) is 18.9. The quantitative estimate of drug-likeness (QED) is 0.0887. The molecule has 8 heteroatoms. The van der Waals surface area contributed by atoms with E-state index >= 15 is 0 Å². The van der Waals surface area contributed by atoms with Gasteiger partial charge in [0.25, 0.3) is 5.69 Å². The Morgan fingerprint density at radius 2 is 1.82 bits per heavy atom. The number of non-ortho nitro benzene ring substituents is 1. The van der Waals surface area contributed by atoms with Gasteiger partial charge in [-0.3, -0.25) is 14.9 Å². The summed E-state index contributed by atoms with van der Waals surface area (Å²) >= 11 is 0. The summed E-state index contributed by atoms with van der Waals surface area (Å²) in [6.07, 6.45) is 9.43.